The van der Waals surface area contributed by atoms with Crippen molar-refractivity contribution in [1.29, 1.82) is 0 Å². The highest BCUT2D eigenvalue weighted by molar-refractivity contribution is 5.88. The molecule has 5 rings (SSSR count). The number of hydrogen-bond donors (Lipinski definition) is 0. The third kappa shape index (κ3) is 3.10. The van der Waals surface area contributed by atoms with Crippen molar-refractivity contribution >= 4 is 10.9 Å². The van der Waals surface area contributed by atoms with Crippen LogP contribution in [0.5, 0.6) is 0 Å². The minimum atomic E-state index is 0.426. The van der Waals surface area contributed by atoms with E-state index >= 15 is 0 Å². The van der Waals surface area contributed by atoms with Crippen LogP contribution in [-0.2, 0) is 6.54 Å². The smallest absolute Gasteiger partial charge is 0.266 e. The van der Waals surface area contributed by atoms with Gasteiger partial charge in [0.05, 0.1) is 0 Å². The monoisotopic (exact) mass is 380 g/mol. The lowest BCUT2D eigenvalue weighted by atomic mass is 10.1. The van der Waals surface area contributed by atoms with E-state index in [1.54, 1.807) is 6.20 Å². The van der Waals surface area contributed by atoms with E-state index in [0.717, 1.165) is 12.1 Å². The number of aryl methyl sites for hydroxylation is 1. The van der Waals surface area contributed by atoms with Gasteiger partial charge in [0.15, 0.2) is 0 Å². The van der Waals surface area contributed by atoms with E-state index in [-0.39, 0.29) is 0 Å². The topological polar surface area (TPSA) is 56.7 Å². The number of aromatic nitrogens is 4. The van der Waals surface area contributed by atoms with Gasteiger partial charge < -0.3 is 8.98 Å². The molecular formula is C24H20N4O. The Morgan fingerprint density at radius 3 is 2.45 bits per heavy atom. The van der Waals surface area contributed by atoms with Gasteiger partial charge in [-0.2, -0.15) is 0 Å². The molecule has 5 aromatic rings. The van der Waals surface area contributed by atoms with Crippen molar-refractivity contribution in [3.05, 3.63) is 89.7 Å². The van der Waals surface area contributed by atoms with E-state index in [9.17, 15) is 0 Å². The number of nitrogens with zero attached hydrogens (tertiary/aromatic N) is 4. The third-order valence-electron chi connectivity index (χ3n) is 5.38. The molecular weight excluding hydrogens is 360 g/mol. The fourth-order valence-corrected chi connectivity index (χ4v) is 3.69. The molecule has 0 fully saturated rings. The standard InChI is InChI=1S/C24H20N4O/c1-16-17(2)28(15-18-8-4-3-5-9-18)22-12-11-19(14-20(16)22)23-26-27-24(29-23)21-10-6-7-13-25-21/h3-14H,15H2,1-2H3. The summed E-state index contributed by atoms with van der Waals surface area (Å²) in [6.45, 7) is 5.18. The molecule has 0 bridgehead atoms. The van der Waals surface area contributed by atoms with Crippen LogP contribution in [0.25, 0.3) is 33.9 Å². The molecule has 0 radical (unpaired) electrons. The van der Waals surface area contributed by atoms with Crippen LogP contribution in [-0.4, -0.2) is 19.7 Å². The lowest BCUT2D eigenvalue weighted by Crippen LogP contribution is -2.01. The molecule has 142 valence electrons. The first kappa shape index (κ1) is 17.4. The van der Waals surface area contributed by atoms with Gasteiger partial charge in [-0.25, -0.2) is 0 Å². The van der Waals surface area contributed by atoms with Gasteiger partial charge in [-0.05, 0) is 55.3 Å². The van der Waals surface area contributed by atoms with Crippen molar-refractivity contribution in [3.8, 4) is 23.0 Å². The molecule has 0 unspecified atom stereocenters. The van der Waals surface area contributed by atoms with E-state index in [2.05, 4.69) is 70.0 Å². The van der Waals surface area contributed by atoms with Crippen LogP contribution in [0.1, 0.15) is 16.8 Å². The fraction of sp³-hybridized carbons (Fsp3) is 0.125. The Morgan fingerprint density at radius 2 is 1.66 bits per heavy atom. The van der Waals surface area contributed by atoms with E-state index in [1.165, 1.54) is 27.7 Å². The zero-order chi connectivity index (χ0) is 19.8. The summed E-state index contributed by atoms with van der Waals surface area (Å²) in [6, 6.07) is 22.5. The molecule has 3 aromatic heterocycles. The van der Waals surface area contributed by atoms with Gasteiger partial charge in [-0.1, -0.05) is 36.4 Å². The third-order valence-corrected chi connectivity index (χ3v) is 5.38. The van der Waals surface area contributed by atoms with Crippen LogP contribution < -0.4 is 0 Å². The predicted molar refractivity (Wildman–Crippen MR) is 113 cm³/mol. The maximum atomic E-state index is 5.89. The Morgan fingerprint density at radius 1 is 0.862 bits per heavy atom. The number of hydrogen-bond acceptors (Lipinski definition) is 4. The average Bonchev–Trinajstić information content (AvgIpc) is 3.35. The van der Waals surface area contributed by atoms with E-state index in [1.807, 2.05) is 30.3 Å². The van der Waals surface area contributed by atoms with Crippen molar-refractivity contribution in [3.63, 3.8) is 0 Å². The molecule has 2 aromatic carbocycles. The molecule has 5 heteroatoms. The van der Waals surface area contributed by atoms with Crippen LogP contribution in [0, 0.1) is 13.8 Å². The van der Waals surface area contributed by atoms with Crippen molar-refractivity contribution in [2.24, 2.45) is 0 Å². The van der Waals surface area contributed by atoms with E-state index in [0.29, 0.717) is 17.5 Å². The summed E-state index contributed by atoms with van der Waals surface area (Å²) in [6.07, 6.45) is 1.72. The predicted octanol–water partition coefficient (Wildman–Crippen LogP) is 5.42. The number of rotatable bonds is 4. The highest BCUT2D eigenvalue weighted by Crippen LogP contribution is 2.31. The van der Waals surface area contributed by atoms with Gasteiger partial charge >= 0.3 is 0 Å². The normalized spacial score (nSPS) is 11.2. The largest absolute Gasteiger partial charge is 0.415 e. The maximum absolute atomic E-state index is 5.89. The van der Waals surface area contributed by atoms with Crippen molar-refractivity contribution in [2.45, 2.75) is 20.4 Å². The fourth-order valence-electron chi connectivity index (χ4n) is 3.69. The van der Waals surface area contributed by atoms with Gasteiger partial charge in [0.1, 0.15) is 5.69 Å². The minimum Gasteiger partial charge on any atom is -0.415 e. The molecule has 0 saturated heterocycles. The minimum absolute atomic E-state index is 0.426. The molecule has 0 spiro atoms. The van der Waals surface area contributed by atoms with E-state index < -0.39 is 0 Å². The van der Waals surface area contributed by atoms with Crippen LogP contribution in [0.2, 0.25) is 0 Å². The van der Waals surface area contributed by atoms with Crippen LogP contribution in [0.4, 0.5) is 0 Å². The Bertz CT molecular complexity index is 1290. The molecule has 29 heavy (non-hydrogen) atoms. The SMILES string of the molecule is Cc1c(C)n(Cc2ccccc2)c2ccc(-c3nnc(-c4ccccn4)o3)cc12. The summed E-state index contributed by atoms with van der Waals surface area (Å²) in [7, 11) is 0. The Balaban J connectivity index is 1.55. The van der Waals surface area contributed by atoms with Gasteiger partial charge in [0.2, 0.25) is 5.89 Å². The Kier molecular flexibility index (Phi) is 4.21. The highest BCUT2D eigenvalue weighted by Gasteiger charge is 2.15. The first-order valence-corrected chi connectivity index (χ1v) is 9.59. The molecule has 0 atom stereocenters. The van der Waals surface area contributed by atoms with E-state index in [4.69, 9.17) is 4.42 Å². The second kappa shape index (κ2) is 7.02. The van der Waals surface area contributed by atoms with Gasteiger partial charge in [0.25, 0.3) is 5.89 Å². The molecule has 0 aliphatic rings. The summed E-state index contributed by atoms with van der Waals surface area (Å²) in [5.74, 6) is 0.927. The second-order valence-corrected chi connectivity index (χ2v) is 7.14. The summed E-state index contributed by atoms with van der Waals surface area (Å²) in [5.41, 5.74) is 6.61. The average molecular weight is 380 g/mol. The van der Waals surface area contributed by atoms with Gasteiger partial charge in [-0.3, -0.25) is 4.98 Å². The summed E-state index contributed by atoms with van der Waals surface area (Å²) in [4.78, 5) is 4.28. The zero-order valence-electron chi connectivity index (χ0n) is 16.3. The first-order chi connectivity index (χ1) is 14.2. The lowest BCUT2D eigenvalue weighted by molar-refractivity contribution is 0.582. The van der Waals surface area contributed by atoms with Crippen LogP contribution in [0.3, 0.4) is 0 Å². The Labute approximate surface area is 168 Å². The first-order valence-electron chi connectivity index (χ1n) is 9.59. The van der Waals surface area contributed by atoms with Gasteiger partial charge in [0, 0.05) is 34.9 Å². The zero-order valence-corrected chi connectivity index (χ0v) is 16.3. The molecule has 3 heterocycles. The molecule has 0 aliphatic carbocycles. The van der Waals surface area contributed by atoms with Crippen molar-refractivity contribution in [2.75, 3.05) is 0 Å². The molecule has 0 N–H and O–H groups in total. The van der Waals surface area contributed by atoms with Crippen LogP contribution >= 0.6 is 0 Å². The number of pyridine rings is 1. The quantitative estimate of drug-likeness (QED) is 0.418. The summed E-state index contributed by atoms with van der Waals surface area (Å²) in [5, 5.41) is 9.59. The molecule has 0 saturated carbocycles. The van der Waals surface area contributed by atoms with Crippen molar-refractivity contribution < 1.29 is 4.42 Å². The summed E-state index contributed by atoms with van der Waals surface area (Å²) < 4.78 is 8.24. The second-order valence-electron chi connectivity index (χ2n) is 7.14. The number of benzene rings is 2. The van der Waals surface area contributed by atoms with Gasteiger partial charge in [-0.15, -0.1) is 10.2 Å². The number of fused-ring (bicyclic) bond motifs is 1. The highest BCUT2D eigenvalue weighted by atomic mass is 16.4. The maximum Gasteiger partial charge on any atom is 0.266 e. The lowest BCUT2D eigenvalue weighted by Gasteiger charge is -2.09. The molecule has 0 amide bonds. The van der Waals surface area contributed by atoms with Crippen LogP contribution in [0.15, 0.2) is 77.3 Å². The summed E-state index contributed by atoms with van der Waals surface area (Å²) >= 11 is 0. The Hall–Kier alpha value is -3.73. The molecule has 0 aliphatic heterocycles. The molecule has 5 nitrogen and oxygen atoms in total. The van der Waals surface area contributed by atoms with Crippen molar-refractivity contribution in [1.82, 2.24) is 19.7 Å².